The molecule has 0 bridgehead atoms. The Bertz CT molecular complexity index is 976. The molecule has 5 rings (SSSR count). The third-order valence-electron chi connectivity index (χ3n) is 10.3. The van der Waals surface area contributed by atoms with E-state index in [4.69, 9.17) is 0 Å². The monoisotopic (exact) mass is 481 g/mol. The summed E-state index contributed by atoms with van der Waals surface area (Å²) in [5.41, 5.74) is 3.14. The zero-order valence-corrected chi connectivity index (χ0v) is 21.4. The van der Waals surface area contributed by atoms with Crippen LogP contribution in [0, 0.1) is 22.7 Å². The summed E-state index contributed by atoms with van der Waals surface area (Å²) in [5, 5.41) is 42.3. The Labute approximate surface area is 210 Å². The molecule has 3 fully saturated rings. The smallest absolute Gasteiger partial charge is 0.0897 e. The Hall–Kier alpha value is -1.50. The first-order chi connectivity index (χ1) is 16.7. The first kappa shape index (κ1) is 25.2. The Morgan fingerprint density at radius 3 is 2.49 bits per heavy atom. The van der Waals surface area contributed by atoms with Crippen LogP contribution in [0.2, 0.25) is 0 Å². The Balaban J connectivity index is 1.40. The lowest BCUT2D eigenvalue weighted by Crippen LogP contribution is -2.56. The van der Waals surface area contributed by atoms with Crippen molar-refractivity contribution in [3.63, 3.8) is 0 Å². The second-order valence-corrected chi connectivity index (χ2v) is 12.3. The van der Waals surface area contributed by atoms with Gasteiger partial charge in [0.15, 0.2) is 0 Å². The molecule has 0 saturated heterocycles. The third kappa shape index (κ3) is 4.34. The van der Waals surface area contributed by atoms with Crippen LogP contribution in [-0.2, 0) is 6.54 Å². The predicted octanol–water partition coefficient (Wildman–Crippen LogP) is 3.82. The van der Waals surface area contributed by atoms with Gasteiger partial charge in [0.25, 0.3) is 0 Å². The molecule has 0 unspecified atom stereocenters. The van der Waals surface area contributed by atoms with Crippen molar-refractivity contribution in [2.45, 2.75) is 83.1 Å². The summed E-state index contributed by atoms with van der Waals surface area (Å²) in [6.45, 7) is 5.89. The number of aliphatic hydroxyl groups is 4. The molecule has 5 heteroatoms. The van der Waals surface area contributed by atoms with Crippen LogP contribution in [0.3, 0.4) is 0 Å². The summed E-state index contributed by atoms with van der Waals surface area (Å²) < 4.78 is 0. The fourth-order valence-corrected chi connectivity index (χ4v) is 8.11. The molecule has 0 aliphatic heterocycles. The van der Waals surface area contributed by atoms with Crippen molar-refractivity contribution in [2.24, 2.45) is 22.7 Å². The second kappa shape index (κ2) is 9.42. The maximum absolute atomic E-state index is 12.2. The van der Waals surface area contributed by atoms with Crippen LogP contribution in [0.5, 0.6) is 0 Å². The Morgan fingerprint density at radius 1 is 1.00 bits per heavy atom. The highest BCUT2D eigenvalue weighted by Crippen LogP contribution is 2.66. The fraction of sp³-hybridized carbons (Fsp3) is 0.667. The van der Waals surface area contributed by atoms with Crippen LogP contribution >= 0.6 is 0 Å². The molecule has 1 aromatic rings. The van der Waals surface area contributed by atoms with Gasteiger partial charge in [-0.15, -0.1) is 0 Å². The molecule has 3 saturated carbocycles. The Morgan fingerprint density at radius 2 is 1.74 bits per heavy atom. The lowest BCUT2D eigenvalue weighted by atomic mass is 9.50. The first-order valence-corrected chi connectivity index (χ1v) is 13.6. The van der Waals surface area contributed by atoms with Crippen molar-refractivity contribution >= 4 is 0 Å². The number of fused-ring (bicyclic) bond motifs is 5. The van der Waals surface area contributed by atoms with E-state index in [9.17, 15) is 20.4 Å². The minimum Gasteiger partial charge on any atom is -0.394 e. The summed E-state index contributed by atoms with van der Waals surface area (Å²) in [6.07, 6.45) is 10.1. The molecule has 4 aliphatic carbocycles. The van der Waals surface area contributed by atoms with Crippen LogP contribution < -0.4 is 0 Å². The molecular weight excluding hydrogens is 438 g/mol. The molecule has 0 aromatic heterocycles. The van der Waals surface area contributed by atoms with Gasteiger partial charge in [-0.1, -0.05) is 67.5 Å². The van der Waals surface area contributed by atoms with Gasteiger partial charge in [-0.25, -0.2) is 0 Å². The van der Waals surface area contributed by atoms with E-state index >= 15 is 0 Å². The molecule has 0 radical (unpaired) electrons. The number of aliphatic hydroxyl groups excluding tert-OH is 3. The van der Waals surface area contributed by atoms with Gasteiger partial charge in [0.05, 0.1) is 24.4 Å². The van der Waals surface area contributed by atoms with Gasteiger partial charge in [0.2, 0.25) is 0 Å². The van der Waals surface area contributed by atoms with E-state index in [0.29, 0.717) is 31.5 Å². The van der Waals surface area contributed by atoms with Crippen molar-refractivity contribution in [3.8, 4) is 0 Å². The van der Waals surface area contributed by atoms with E-state index in [0.717, 1.165) is 50.5 Å². The van der Waals surface area contributed by atoms with Crippen LogP contribution in [0.25, 0.3) is 0 Å². The predicted molar refractivity (Wildman–Crippen MR) is 137 cm³/mol. The van der Waals surface area contributed by atoms with E-state index < -0.39 is 11.7 Å². The summed E-state index contributed by atoms with van der Waals surface area (Å²) in [7, 11) is 0. The summed E-state index contributed by atoms with van der Waals surface area (Å²) in [5.74, 6) is 0.862. The molecule has 0 amide bonds. The number of benzene rings is 1. The SMILES string of the molecule is C[C@]12CC[C@H](O)CC1=CC=C1[C@@H]2CC[C@@]2(C)[C@H]1CC[C@@]2(O)CN(Cc1ccccc1)C[C@H](O)CO. The van der Waals surface area contributed by atoms with Gasteiger partial charge < -0.3 is 20.4 Å². The minimum atomic E-state index is -0.846. The molecule has 0 heterocycles. The average molecular weight is 482 g/mol. The maximum Gasteiger partial charge on any atom is 0.0897 e. The van der Waals surface area contributed by atoms with E-state index in [2.05, 4.69) is 43.0 Å². The van der Waals surface area contributed by atoms with Crippen molar-refractivity contribution in [2.75, 3.05) is 19.7 Å². The highest BCUT2D eigenvalue weighted by molar-refractivity contribution is 5.39. The van der Waals surface area contributed by atoms with Gasteiger partial charge in [0.1, 0.15) is 0 Å². The lowest BCUT2D eigenvalue weighted by molar-refractivity contribution is -0.107. The molecule has 4 N–H and O–H groups in total. The van der Waals surface area contributed by atoms with Gasteiger partial charge in [-0.05, 0) is 67.8 Å². The normalized spacial score (nSPS) is 39.3. The zero-order valence-electron chi connectivity index (χ0n) is 21.4. The van der Waals surface area contributed by atoms with E-state index in [1.165, 1.54) is 11.1 Å². The molecule has 4 aliphatic rings. The number of nitrogens with zero attached hydrogens (tertiary/aromatic N) is 1. The van der Waals surface area contributed by atoms with Crippen LogP contribution in [-0.4, -0.2) is 62.8 Å². The minimum absolute atomic E-state index is 0.135. The van der Waals surface area contributed by atoms with Gasteiger partial charge >= 0.3 is 0 Å². The van der Waals surface area contributed by atoms with Gasteiger partial charge in [-0.2, -0.15) is 0 Å². The largest absolute Gasteiger partial charge is 0.394 e. The van der Waals surface area contributed by atoms with Crippen LogP contribution in [0.1, 0.15) is 64.4 Å². The first-order valence-electron chi connectivity index (χ1n) is 13.6. The van der Waals surface area contributed by atoms with Crippen LogP contribution in [0.15, 0.2) is 53.6 Å². The molecular formula is C30H43NO4. The molecule has 192 valence electrons. The topological polar surface area (TPSA) is 84.2 Å². The van der Waals surface area contributed by atoms with Crippen molar-refractivity contribution in [1.82, 2.24) is 4.90 Å². The molecule has 1 aromatic carbocycles. The summed E-state index contributed by atoms with van der Waals surface area (Å²) >= 11 is 0. The molecule has 0 spiro atoms. The number of allylic oxidation sites excluding steroid dienone is 3. The van der Waals surface area contributed by atoms with Gasteiger partial charge in [-0.3, -0.25) is 4.90 Å². The summed E-state index contributed by atoms with van der Waals surface area (Å²) in [6, 6.07) is 10.2. The van der Waals surface area contributed by atoms with Gasteiger partial charge in [0, 0.05) is 25.0 Å². The molecule has 7 atom stereocenters. The average Bonchev–Trinajstić information content (AvgIpc) is 3.10. The number of hydrogen-bond donors (Lipinski definition) is 4. The Kier molecular flexibility index (Phi) is 6.77. The summed E-state index contributed by atoms with van der Waals surface area (Å²) in [4.78, 5) is 2.13. The van der Waals surface area contributed by atoms with E-state index in [1.807, 2.05) is 18.2 Å². The number of rotatable bonds is 7. The highest BCUT2D eigenvalue weighted by Gasteiger charge is 2.62. The van der Waals surface area contributed by atoms with Crippen molar-refractivity contribution in [1.29, 1.82) is 0 Å². The zero-order chi connectivity index (χ0) is 24.8. The van der Waals surface area contributed by atoms with E-state index in [1.54, 1.807) is 0 Å². The molecule has 5 nitrogen and oxygen atoms in total. The standard InChI is InChI=1S/C30H43NO4/c1-28-13-10-23(33)16-22(28)8-9-25-26(28)11-14-29(2)27(25)12-15-30(29,35)20-31(18-24(34)19-32)17-21-6-4-3-5-7-21/h3-9,23-24,26-27,32-35H,10-20H2,1-2H3/t23-,24-,26-,27-,28-,29-,30+/m0/s1. The highest BCUT2D eigenvalue weighted by atomic mass is 16.3. The maximum atomic E-state index is 12.2. The second-order valence-electron chi connectivity index (χ2n) is 12.3. The third-order valence-corrected chi connectivity index (χ3v) is 10.3. The van der Waals surface area contributed by atoms with E-state index in [-0.39, 0.29) is 23.5 Å². The van der Waals surface area contributed by atoms with Crippen molar-refractivity contribution in [3.05, 3.63) is 59.2 Å². The molecule has 35 heavy (non-hydrogen) atoms. The fourth-order valence-electron chi connectivity index (χ4n) is 8.11. The number of hydrogen-bond acceptors (Lipinski definition) is 5. The van der Waals surface area contributed by atoms with Crippen molar-refractivity contribution < 1.29 is 20.4 Å². The lowest BCUT2D eigenvalue weighted by Gasteiger charge is -2.56. The van der Waals surface area contributed by atoms with Crippen LogP contribution in [0.4, 0.5) is 0 Å². The quantitative estimate of drug-likeness (QED) is 0.476.